The predicted octanol–water partition coefficient (Wildman–Crippen LogP) is 4.26. The van der Waals surface area contributed by atoms with E-state index >= 15 is 0 Å². The van der Waals surface area contributed by atoms with E-state index in [2.05, 4.69) is 34.1 Å². The maximum absolute atomic E-state index is 6.36. The molecule has 0 bridgehead atoms. The molecule has 3 nitrogen and oxygen atoms in total. The van der Waals surface area contributed by atoms with Crippen LogP contribution in [0.4, 0.5) is 0 Å². The normalized spacial score (nSPS) is 16.3. The average Bonchev–Trinajstić information content (AvgIpc) is 2.65. The fourth-order valence-corrected chi connectivity index (χ4v) is 2.96. The summed E-state index contributed by atoms with van der Waals surface area (Å²) in [6, 6.07) is 14.6. The highest BCUT2D eigenvalue weighted by atomic mass is 15.1. The Hall–Kier alpha value is -1.71. The van der Waals surface area contributed by atoms with Gasteiger partial charge in [-0.2, -0.15) is 0 Å². The van der Waals surface area contributed by atoms with Gasteiger partial charge in [-0.3, -0.25) is 4.98 Å². The molecule has 1 unspecified atom stereocenters. The topological polar surface area (TPSA) is 42.1 Å². The smallest absolute Gasteiger partial charge is 0.0701 e. The molecule has 1 aliphatic heterocycles. The van der Waals surface area contributed by atoms with Gasteiger partial charge in [-0.1, -0.05) is 50.6 Å². The molecule has 0 radical (unpaired) electrons. The molecule has 3 heteroatoms. The lowest BCUT2D eigenvalue weighted by molar-refractivity contribution is 0.216. The van der Waals surface area contributed by atoms with Crippen LogP contribution in [0.25, 0.3) is 11.3 Å². The Morgan fingerprint density at radius 2 is 1.70 bits per heavy atom. The minimum atomic E-state index is 0.0980. The van der Waals surface area contributed by atoms with Crippen LogP contribution in [0.3, 0.4) is 0 Å². The van der Waals surface area contributed by atoms with E-state index in [-0.39, 0.29) is 6.04 Å². The maximum Gasteiger partial charge on any atom is 0.0701 e. The predicted molar refractivity (Wildman–Crippen MR) is 98.2 cm³/mol. The molecule has 0 aliphatic carbocycles. The van der Waals surface area contributed by atoms with Crippen molar-refractivity contribution >= 4 is 0 Å². The Bertz CT molecular complexity index is 545. The highest BCUT2D eigenvalue weighted by Crippen LogP contribution is 2.20. The Morgan fingerprint density at radius 1 is 1.00 bits per heavy atom. The second-order valence-corrected chi connectivity index (χ2v) is 5.80. The molecular formula is C20H29N3. The lowest BCUT2D eigenvalue weighted by atomic mass is 10.0. The van der Waals surface area contributed by atoms with E-state index < -0.39 is 0 Å². The molecule has 0 spiro atoms. The van der Waals surface area contributed by atoms with Crippen LogP contribution in [0.2, 0.25) is 0 Å². The van der Waals surface area contributed by atoms with E-state index in [4.69, 9.17) is 5.73 Å². The van der Waals surface area contributed by atoms with Crippen LogP contribution in [0.1, 0.15) is 44.7 Å². The van der Waals surface area contributed by atoms with E-state index in [1.807, 2.05) is 38.2 Å². The third-order valence-electron chi connectivity index (χ3n) is 4.20. The molecule has 1 aromatic heterocycles. The Labute approximate surface area is 140 Å². The summed E-state index contributed by atoms with van der Waals surface area (Å²) < 4.78 is 0. The standard InChI is InChI=1S/C18H23N3.C2H6/c19-17(14-21-12-4-1-5-13-21)15-7-9-16(10-8-15)18-6-2-3-11-20-18;1-2/h2-3,6-11,17H,1,4-5,12-14,19H2;1-2H3. The number of nitrogens with two attached hydrogens (primary N) is 1. The van der Waals surface area contributed by atoms with Crippen molar-refractivity contribution in [3.63, 3.8) is 0 Å². The minimum Gasteiger partial charge on any atom is -0.323 e. The molecule has 23 heavy (non-hydrogen) atoms. The molecule has 3 rings (SSSR count). The van der Waals surface area contributed by atoms with Gasteiger partial charge in [0, 0.05) is 24.3 Å². The van der Waals surface area contributed by atoms with E-state index in [1.54, 1.807) is 0 Å². The number of nitrogens with zero attached hydrogens (tertiary/aromatic N) is 2. The molecule has 1 fully saturated rings. The zero-order valence-corrected chi connectivity index (χ0v) is 14.4. The fourth-order valence-electron chi connectivity index (χ4n) is 2.96. The monoisotopic (exact) mass is 311 g/mol. The van der Waals surface area contributed by atoms with Gasteiger partial charge >= 0.3 is 0 Å². The minimum absolute atomic E-state index is 0.0980. The zero-order valence-electron chi connectivity index (χ0n) is 14.4. The summed E-state index contributed by atoms with van der Waals surface area (Å²) in [7, 11) is 0. The first-order chi connectivity index (χ1) is 11.3. The zero-order chi connectivity index (χ0) is 16.5. The molecule has 1 atom stereocenters. The van der Waals surface area contributed by atoms with Crippen molar-refractivity contribution in [2.75, 3.05) is 19.6 Å². The summed E-state index contributed by atoms with van der Waals surface area (Å²) in [4.78, 5) is 6.86. The molecule has 1 aromatic carbocycles. The van der Waals surface area contributed by atoms with Crippen LogP contribution < -0.4 is 5.73 Å². The summed E-state index contributed by atoms with van der Waals surface area (Å²) in [6.07, 6.45) is 5.81. The van der Waals surface area contributed by atoms with Gasteiger partial charge in [0.15, 0.2) is 0 Å². The summed E-state index contributed by atoms with van der Waals surface area (Å²) in [5.74, 6) is 0. The van der Waals surface area contributed by atoms with E-state index in [1.165, 1.54) is 37.9 Å². The van der Waals surface area contributed by atoms with Crippen LogP contribution in [0, 0.1) is 0 Å². The van der Waals surface area contributed by atoms with Crippen molar-refractivity contribution in [1.82, 2.24) is 9.88 Å². The van der Waals surface area contributed by atoms with Crippen molar-refractivity contribution in [2.24, 2.45) is 5.73 Å². The molecule has 0 amide bonds. The second kappa shape index (κ2) is 9.43. The first-order valence-corrected chi connectivity index (χ1v) is 8.82. The third kappa shape index (κ3) is 5.15. The van der Waals surface area contributed by atoms with E-state index in [0.29, 0.717) is 0 Å². The number of hydrogen-bond donors (Lipinski definition) is 1. The molecule has 0 saturated carbocycles. The highest BCUT2D eigenvalue weighted by Gasteiger charge is 2.14. The van der Waals surface area contributed by atoms with Crippen molar-refractivity contribution in [1.29, 1.82) is 0 Å². The summed E-state index contributed by atoms with van der Waals surface area (Å²) in [6.45, 7) is 7.35. The number of hydrogen-bond acceptors (Lipinski definition) is 3. The van der Waals surface area contributed by atoms with Crippen molar-refractivity contribution in [3.05, 3.63) is 54.2 Å². The Morgan fingerprint density at radius 3 is 2.30 bits per heavy atom. The number of aromatic nitrogens is 1. The van der Waals surface area contributed by atoms with Crippen LogP contribution in [-0.4, -0.2) is 29.5 Å². The molecule has 1 saturated heterocycles. The van der Waals surface area contributed by atoms with Gasteiger partial charge < -0.3 is 10.6 Å². The van der Waals surface area contributed by atoms with Crippen molar-refractivity contribution < 1.29 is 0 Å². The van der Waals surface area contributed by atoms with Crippen LogP contribution >= 0.6 is 0 Å². The molecule has 2 N–H and O–H groups in total. The molecular weight excluding hydrogens is 282 g/mol. The van der Waals surface area contributed by atoms with Crippen LogP contribution in [-0.2, 0) is 0 Å². The van der Waals surface area contributed by atoms with Gasteiger partial charge in [0.2, 0.25) is 0 Å². The quantitative estimate of drug-likeness (QED) is 0.917. The number of benzene rings is 1. The largest absolute Gasteiger partial charge is 0.323 e. The number of likely N-dealkylation sites (tertiary alicyclic amines) is 1. The third-order valence-corrected chi connectivity index (χ3v) is 4.20. The van der Waals surface area contributed by atoms with Gasteiger partial charge in [-0.05, 0) is 43.6 Å². The van der Waals surface area contributed by atoms with E-state index in [9.17, 15) is 0 Å². The number of rotatable bonds is 4. The molecule has 2 aromatic rings. The summed E-state index contributed by atoms with van der Waals surface area (Å²) in [5, 5.41) is 0. The lowest BCUT2D eigenvalue weighted by Gasteiger charge is -2.29. The first-order valence-electron chi connectivity index (χ1n) is 8.82. The summed E-state index contributed by atoms with van der Waals surface area (Å²) >= 11 is 0. The van der Waals surface area contributed by atoms with Gasteiger partial charge in [-0.25, -0.2) is 0 Å². The Kier molecular flexibility index (Phi) is 7.24. The number of pyridine rings is 1. The highest BCUT2D eigenvalue weighted by molar-refractivity contribution is 5.59. The SMILES string of the molecule is CC.NC(CN1CCCCC1)c1ccc(-c2ccccn2)cc1. The maximum atomic E-state index is 6.36. The molecule has 1 aliphatic rings. The fraction of sp³-hybridized carbons (Fsp3) is 0.450. The van der Waals surface area contributed by atoms with Gasteiger partial charge in [-0.15, -0.1) is 0 Å². The second-order valence-electron chi connectivity index (χ2n) is 5.80. The van der Waals surface area contributed by atoms with Gasteiger partial charge in [0.25, 0.3) is 0 Å². The van der Waals surface area contributed by atoms with Crippen LogP contribution in [0.15, 0.2) is 48.7 Å². The number of piperidine rings is 1. The van der Waals surface area contributed by atoms with Crippen molar-refractivity contribution in [3.8, 4) is 11.3 Å². The summed E-state index contributed by atoms with van der Waals surface area (Å²) in [5.41, 5.74) is 9.72. The van der Waals surface area contributed by atoms with Gasteiger partial charge in [0.1, 0.15) is 0 Å². The molecule has 2 heterocycles. The first kappa shape index (κ1) is 17.6. The van der Waals surface area contributed by atoms with E-state index in [0.717, 1.165) is 17.8 Å². The van der Waals surface area contributed by atoms with Crippen LogP contribution in [0.5, 0.6) is 0 Å². The molecule has 124 valence electrons. The van der Waals surface area contributed by atoms with Gasteiger partial charge in [0.05, 0.1) is 5.69 Å². The van der Waals surface area contributed by atoms with Crippen molar-refractivity contribution in [2.45, 2.75) is 39.2 Å². The lowest BCUT2D eigenvalue weighted by Crippen LogP contribution is -2.36. The average molecular weight is 311 g/mol. The Balaban J connectivity index is 0.000000924.